The standard InChI is InChI=1S/C20H24FN3O/c1-14-12-16(15(2)24(14)17-8-4-3-5-9-17)13-22-23-20(25)18-10-6-7-11-19(18)21/h6-7,10-13,17H,3-5,8-9H2,1-2H3,(H,23,25)/b22-13-. The van der Waals surface area contributed by atoms with Crippen LogP contribution in [0.3, 0.4) is 0 Å². The lowest BCUT2D eigenvalue weighted by atomic mass is 9.95. The molecule has 1 aromatic carbocycles. The van der Waals surface area contributed by atoms with Gasteiger partial charge in [-0.15, -0.1) is 0 Å². The molecule has 0 unspecified atom stereocenters. The Bertz CT molecular complexity index is 788. The number of nitrogens with one attached hydrogen (secondary N) is 1. The molecule has 5 heteroatoms. The Morgan fingerprint density at radius 3 is 2.68 bits per heavy atom. The van der Waals surface area contributed by atoms with Gasteiger partial charge in [0.05, 0.1) is 11.8 Å². The Labute approximate surface area is 147 Å². The molecule has 1 heterocycles. The second kappa shape index (κ2) is 7.64. The summed E-state index contributed by atoms with van der Waals surface area (Å²) in [7, 11) is 0. The first-order valence-corrected chi connectivity index (χ1v) is 8.84. The molecule has 2 aromatic rings. The molecule has 132 valence electrons. The number of nitrogens with zero attached hydrogens (tertiary/aromatic N) is 2. The van der Waals surface area contributed by atoms with Crippen LogP contribution in [0, 0.1) is 19.7 Å². The molecule has 0 spiro atoms. The highest BCUT2D eigenvalue weighted by Crippen LogP contribution is 2.31. The van der Waals surface area contributed by atoms with E-state index in [0.29, 0.717) is 6.04 Å². The maximum atomic E-state index is 13.6. The summed E-state index contributed by atoms with van der Waals surface area (Å²) in [5, 5.41) is 4.01. The van der Waals surface area contributed by atoms with E-state index in [-0.39, 0.29) is 5.56 Å². The Kier molecular flexibility index (Phi) is 5.31. The van der Waals surface area contributed by atoms with Crippen molar-refractivity contribution in [2.75, 3.05) is 0 Å². The van der Waals surface area contributed by atoms with Crippen LogP contribution in [0.1, 0.15) is 65.5 Å². The van der Waals surface area contributed by atoms with Gasteiger partial charge in [-0.2, -0.15) is 5.10 Å². The number of benzene rings is 1. The maximum absolute atomic E-state index is 13.6. The minimum Gasteiger partial charge on any atom is -0.345 e. The lowest BCUT2D eigenvalue weighted by molar-refractivity contribution is 0.0951. The van der Waals surface area contributed by atoms with Gasteiger partial charge in [-0.1, -0.05) is 31.4 Å². The fourth-order valence-corrected chi connectivity index (χ4v) is 3.70. The first-order chi connectivity index (χ1) is 12.1. The summed E-state index contributed by atoms with van der Waals surface area (Å²) in [6.45, 7) is 4.19. The number of hydrogen-bond donors (Lipinski definition) is 1. The van der Waals surface area contributed by atoms with Crippen LogP contribution in [0.4, 0.5) is 4.39 Å². The van der Waals surface area contributed by atoms with Gasteiger partial charge >= 0.3 is 0 Å². The second-order valence-corrected chi connectivity index (χ2v) is 6.67. The summed E-state index contributed by atoms with van der Waals surface area (Å²) in [6.07, 6.45) is 7.97. The molecule has 1 aliphatic carbocycles. The van der Waals surface area contributed by atoms with Crippen LogP contribution in [0.25, 0.3) is 0 Å². The summed E-state index contributed by atoms with van der Waals surface area (Å²) < 4.78 is 16.0. The topological polar surface area (TPSA) is 46.4 Å². The maximum Gasteiger partial charge on any atom is 0.274 e. The smallest absolute Gasteiger partial charge is 0.274 e. The van der Waals surface area contributed by atoms with Crippen LogP contribution in [-0.4, -0.2) is 16.7 Å². The molecular formula is C20H24FN3O. The van der Waals surface area contributed by atoms with Gasteiger partial charge in [-0.3, -0.25) is 4.79 Å². The predicted molar refractivity (Wildman–Crippen MR) is 97.5 cm³/mol. The Morgan fingerprint density at radius 1 is 1.24 bits per heavy atom. The summed E-state index contributed by atoms with van der Waals surface area (Å²) >= 11 is 0. The molecular weight excluding hydrogens is 317 g/mol. The van der Waals surface area contributed by atoms with Gasteiger partial charge in [-0.05, 0) is 44.9 Å². The lowest BCUT2D eigenvalue weighted by Gasteiger charge is -2.26. The highest BCUT2D eigenvalue weighted by molar-refractivity contribution is 5.95. The van der Waals surface area contributed by atoms with Crippen molar-refractivity contribution in [3.8, 4) is 0 Å². The number of amides is 1. The summed E-state index contributed by atoms with van der Waals surface area (Å²) in [6, 6.07) is 8.52. The number of carbonyl (C=O) groups excluding carboxylic acids is 1. The molecule has 1 N–H and O–H groups in total. The third-order valence-electron chi connectivity index (χ3n) is 4.95. The molecule has 25 heavy (non-hydrogen) atoms. The summed E-state index contributed by atoms with van der Waals surface area (Å²) in [5.74, 6) is -1.10. The van der Waals surface area contributed by atoms with Crippen molar-refractivity contribution in [2.45, 2.75) is 52.0 Å². The molecule has 4 nitrogen and oxygen atoms in total. The van der Waals surface area contributed by atoms with E-state index in [1.54, 1.807) is 18.3 Å². The first-order valence-electron chi connectivity index (χ1n) is 8.84. The summed E-state index contributed by atoms with van der Waals surface area (Å²) in [4.78, 5) is 12.0. The van der Waals surface area contributed by atoms with Crippen LogP contribution in [-0.2, 0) is 0 Å². The number of rotatable bonds is 4. The molecule has 1 aliphatic rings. The fraction of sp³-hybridized carbons (Fsp3) is 0.400. The van der Waals surface area contributed by atoms with Crippen molar-refractivity contribution in [1.82, 2.24) is 9.99 Å². The van der Waals surface area contributed by atoms with Crippen molar-refractivity contribution in [1.29, 1.82) is 0 Å². The zero-order chi connectivity index (χ0) is 17.8. The number of aromatic nitrogens is 1. The zero-order valence-corrected chi connectivity index (χ0v) is 14.8. The van der Waals surface area contributed by atoms with E-state index in [4.69, 9.17) is 0 Å². The minimum atomic E-state index is -0.550. The van der Waals surface area contributed by atoms with Gasteiger partial charge in [0.1, 0.15) is 5.82 Å². The minimum absolute atomic E-state index is 0.00710. The van der Waals surface area contributed by atoms with E-state index in [9.17, 15) is 9.18 Å². The van der Waals surface area contributed by atoms with E-state index in [1.807, 2.05) is 0 Å². The van der Waals surface area contributed by atoms with Crippen molar-refractivity contribution < 1.29 is 9.18 Å². The molecule has 0 bridgehead atoms. The van der Waals surface area contributed by atoms with Gasteiger partial charge in [0.25, 0.3) is 5.91 Å². The second-order valence-electron chi connectivity index (χ2n) is 6.67. The van der Waals surface area contributed by atoms with Crippen molar-refractivity contribution >= 4 is 12.1 Å². The van der Waals surface area contributed by atoms with Crippen molar-refractivity contribution in [3.63, 3.8) is 0 Å². The molecule has 0 radical (unpaired) electrons. The average molecular weight is 341 g/mol. The molecule has 0 saturated heterocycles. The van der Waals surface area contributed by atoms with Crippen LogP contribution in [0.2, 0.25) is 0 Å². The van der Waals surface area contributed by atoms with Crippen LogP contribution in [0.5, 0.6) is 0 Å². The van der Waals surface area contributed by atoms with Crippen LogP contribution < -0.4 is 5.43 Å². The first kappa shape index (κ1) is 17.4. The van der Waals surface area contributed by atoms with Gasteiger partial charge in [0.2, 0.25) is 0 Å². The van der Waals surface area contributed by atoms with Crippen LogP contribution >= 0.6 is 0 Å². The molecule has 1 aromatic heterocycles. The average Bonchev–Trinajstić information content (AvgIpc) is 2.89. The third kappa shape index (κ3) is 3.81. The van der Waals surface area contributed by atoms with Crippen molar-refractivity contribution in [2.24, 2.45) is 5.10 Å². The Morgan fingerprint density at radius 2 is 1.96 bits per heavy atom. The Hall–Kier alpha value is -2.43. The van der Waals surface area contributed by atoms with E-state index in [1.165, 1.54) is 49.9 Å². The SMILES string of the molecule is Cc1cc(/C=N\NC(=O)c2ccccc2F)c(C)n1C1CCCCC1. The largest absolute Gasteiger partial charge is 0.345 e. The highest BCUT2D eigenvalue weighted by atomic mass is 19.1. The highest BCUT2D eigenvalue weighted by Gasteiger charge is 2.19. The van der Waals surface area contributed by atoms with E-state index >= 15 is 0 Å². The quantitative estimate of drug-likeness (QED) is 0.645. The predicted octanol–water partition coefficient (Wildman–Crippen LogP) is 4.51. The molecule has 1 amide bonds. The number of halogens is 1. The number of carbonyl (C=O) groups is 1. The number of hydrazone groups is 1. The third-order valence-corrected chi connectivity index (χ3v) is 4.95. The summed E-state index contributed by atoms with van der Waals surface area (Å²) in [5.41, 5.74) is 5.76. The van der Waals surface area contributed by atoms with E-state index in [2.05, 4.69) is 35.0 Å². The number of hydrogen-bond acceptors (Lipinski definition) is 2. The lowest BCUT2D eigenvalue weighted by Crippen LogP contribution is -2.19. The van der Waals surface area contributed by atoms with Crippen LogP contribution in [0.15, 0.2) is 35.4 Å². The Balaban J connectivity index is 1.71. The molecule has 0 aliphatic heterocycles. The molecule has 3 rings (SSSR count). The van der Waals surface area contributed by atoms with E-state index < -0.39 is 11.7 Å². The normalized spacial score (nSPS) is 15.6. The van der Waals surface area contributed by atoms with Gasteiger partial charge in [0.15, 0.2) is 0 Å². The number of aryl methyl sites for hydroxylation is 1. The molecule has 1 saturated carbocycles. The molecule has 0 atom stereocenters. The monoisotopic (exact) mass is 341 g/mol. The van der Waals surface area contributed by atoms with E-state index in [0.717, 1.165) is 11.3 Å². The fourth-order valence-electron chi connectivity index (χ4n) is 3.70. The van der Waals surface area contributed by atoms with Gasteiger partial charge < -0.3 is 4.57 Å². The van der Waals surface area contributed by atoms with Gasteiger partial charge in [0, 0.05) is 23.0 Å². The zero-order valence-electron chi connectivity index (χ0n) is 14.8. The van der Waals surface area contributed by atoms with Gasteiger partial charge in [-0.25, -0.2) is 9.82 Å². The molecule has 1 fully saturated rings. The van der Waals surface area contributed by atoms with Crippen molar-refractivity contribution in [3.05, 3.63) is 58.7 Å².